The number of allylic oxidation sites excluding steroid dienone is 1. The van der Waals surface area contributed by atoms with E-state index in [1.54, 1.807) is 0 Å². The van der Waals surface area contributed by atoms with Crippen LogP contribution < -0.4 is 0 Å². The Hall–Kier alpha value is -0.300. The van der Waals surface area contributed by atoms with Gasteiger partial charge in [-0.15, -0.1) is 0 Å². The summed E-state index contributed by atoms with van der Waals surface area (Å²) < 4.78 is 0. The van der Waals surface area contributed by atoms with E-state index in [-0.39, 0.29) is 5.41 Å². The van der Waals surface area contributed by atoms with Crippen LogP contribution in [0.25, 0.3) is 0 Å². The van der Waals surface area contributed by atoms with E-state index in [0.29, 0.717) is 12.0 Å². The highest BCUT2D eigenvalue weighted by Crippen LogP contribution is 2.73. The fourth-order valence-electron chi connectivity index (χ4n) is 3.32. The highest BCUT2D eigenvalue weighted by Gasteiger charge is 2.66. The minimum Gasteiger partial charge on any atom is -0.396 e. The SMILES string of the molecule is C=C1[C@@H]2[C@H](C[C@]1(C)CCO)C2(C)C. The number of hydrogen-bond donors (Lipinski definition) is 1. The molecule has 1 heteroatoms. The predicted molar refractivity (Wildman–Crippen MR) is 54.3 cm³/mol. The molecular weight excluding hydrogens is 160 g/mol. The largest absolute Gasteiger partial charge is 0.396 e. The molecule has 3 atom stereocenters. The van der Waals surface area contributed by atoms with Crippen LogP contribution in [0.4, 0.5) is 0 Å². The third-order valence-electron chi connectivity index (χ3n) is 4.54. The van der Waals surface area contributed by atoms with E-state index in [2.05, 4.69) is 27.4 Å². The monoisotopic (exact) mass is 180 g/mol. The van der Waals surface area contributed by atoms with E-state index in [0.717, 1.165) is 18.3 Å². The molecular formula is C12H20O. The molecule has 0 heterocycles. The van der Waals surface area contributed by atoms with E-state index in [9.17, 15) is 0 Å². The average molecular weight is 180 g/mol. The Morgan fingerprint density at radius 2 is 2.08 bits per heavy atom. The van der Waals surface area contributed by atoms with Gasteiger partial charge in [-0.2, -0.15) is 0 Å². The molecule has 0 spiro atoms. The summed E-state index contributed by atoms with van der Waals surface area (Å²) in [5.74, 6) is 1.58. The van der Waals surface area contributed by atoms with Gasteiger partial charge in [-0.25, -0.2) is 0 Å². The van der Waals surface area contributed by atoms with Crippen molar-refractivity contribution in [3.05, 3.63) is 12.2 Å². The van der Waals surface area contributed by atoms with Gasteiger partial charge >= 0.3 is 0 Å². The predicted octanol–water partition coefficient (Wildman–Crippen LogP) is 2.61. The molecule has 2 aliphatic rings. The van der Waals surface area contributed by atoms with Crippen LogP contribution in [0.1, 0.15) is 33.6 Å². The third-order valence-corrected chi connectivity index (χ3v) is 4.54. The molecule has 2 fully saturated rings. The zero-order valence-electron chi connectivity index (χ0n) is 8.93. The molecule has 0 amide bonds. The maximum atomic E-state index is 9.00. The summed E-state index contributed by atoms with van der Waals surface area (Å²) in [6.45, 7) is 11.5. The van der Waals surface area contributed by atoms with Crippen molar-refractivity contribution in [1.82, 2.24) is 0 Å². The Morgan fingerprint density at radius 1 is 1.46 bits per heavy atom. The lowest BCUT2D eigenvalue weighted by Crippen LogP contribution is -2.21. The van der Waals surface area contributed by atoms with Crippen molar-refractivity contribution in [1.29, 1.82) is 0 Å². The summed E-state index contributed by atoms with van der Waals surface area (Å²) in [6.07, 6.45) is 2.14. The molecule has 0 bridgehead atoms. The van der Waals surface area contributed by atoms with Crippen molar-refractivity contribution in [2.45, 2.75) is 33.6 Å². The summed E-state index contributed by atoms with van der Waals surface area (Å²) in [5.41, 5.74) is 2.14. The molecule has 0 aromatic rings. The second-order valence-corrected chi connectivity index (χ2v) is 5.67. The van der Waals surface area contributed by atoms with Crippen molar-refractivity contribution >= 4 is 0 Å². The Balaban J connectivity index is 2.13. The van der Waals surface area contributed by atoms with Crippen LogP contribution in [0.5, 0.6) is 0 Å². The molecule has 2 rings (SSSR count). The molecule has 0 unspecified atom stereocenters. The maximum Gasteiger partial charge on any atom is 0.0439 e. The standard InChI is InChI=1S/C12H20O/c1-8-10-9(11(10,2)3)7-12(8,4)5-6-13/h9-10,13H,1,5-7H2,2-4H3/t9-,10+,12-/m0/s1. The maximum absolute atomic E-state index is 9.00. The molecule has 0 saturated heterocycles. The summed E-state index contributed by atoms with van der Waals surface area (Å²) in [7, 11) is 0. The zero-order valence-corrected chi connectivity index (χ0v) is 8.93. The normalized spacial score (nSPS) is 46.3. The van der Waals surface area contributed by atoms with E-state index < -0.39 is 0 Å². The molecule has 2 aliphatic carbocycles. The fourth-order valence-corrected chi connectivity index (χ4v) is 3.32. The number of rotatable bonds is 2. The van der Waals surface area contributed by atoms with Crippen LogP contribution >= 0.6 is 0 Å². The van der Waals surface area contributed by atoms with Gasteiger partial charge in [0, 0.05) is 6.61 Å². The lowest BCUT2D eigenvalue weighted by molar-refractivity contribution is 0.207. The number of hydrogen-bond acceptors (Lipinski definition) is 1. The second-order valence-electron chi connectivity index (χ2n) is 5.67. The molecule has 1 nitrogen and oxygen atoms in total. The van der Waals surface area contributed by atoms with Crippen molar-refractivity contribution < 1.29 is 5.11 Å². The molecule has 0 aromatic heterocycles. The van der Waals surface area contributed by atoms with Gasteiger partial charge in [-0.3, -0.25) is 0 Å². The number of aliphatic hydroxyl groups excluding tert-OH is 1. The summed E-state index contributed by atoms with van der Waals surface area (Å²) >= 11 is 0. The van der Waals surface area contributed by atoms with Crippen LogP contribution in [0.2, 0.25) is 0 Å². The highest BCUT2D eigenvalue weighted by molar-refractivity contribution is 5.33. The van der Waals surface area contributed by atoms with Crippen molar-refractivity contribution in [2.75, 3.05) is 6.61 Å². The summed E-state index contributed by atoms with van der Waals surface area (Å²) in [6, 6.07) is 0. The molecule has 1 N–H and O–H groups in total. The molecule has 0 aromatic carbocycles. The van der Waals surface area contributed by atoms with Gasteiger partial charge in [0.25, 0.3) is 0 Å². The van der Waals surface area contributed by atoms with E-state index in [1.165, 1.54) is 12.0 Å². The average Bonchev–Trinajstić information content (AvgIpc) is 2.37. The Bertz CT molecular complexity index is 254. The van der Waals surface area contributed by atoms with Gasteiger partial charge in [0.1, 0.15) is 0 Å². The number of aliphatic hydroxyl groups is 1. The van der Waals surface area contributed by atoms with Crippen LogP contribution in [-0.4, -0.2) is 11.7 Å². The zero-order chi connectivity index (χ0) is 9.85. The van der Waals surface area contributed by atoms with Gasteiger partial charge in [0.2, 0.25) is 0 Å². The first-order chi connectivity index (χ1) is 5.93. The lowest BCUT2D eigenvalue weighted by Gasteiger charge is -2.30. The van der Waals surface area contributed by atoms with E-state index >= 15 is 0 Å². The minimum atomic E-state index is 0.236. The molecule has 0 aliphatic heterocycles. The highest BCUT2D eigenvalue weighted by atomic mass is 16.3. The Kier molecular flexibility index (Phi) is 1.70. The third kappa shape index (κ3) is 1.03. The second kappa shape index (κ2) is 2.38. The van der Waals surface area contributed by atoms with Crippen LogP contribution in [0.3, 0.4) is 0 Å². The van der Waals surface area contributed by atoms with E-state index in [1.807, 2.05) is 0 Å². The number of fused-ring (bicyclic) bond motifs is 1. The topological polar surface area (TPSA) is 20.2 Å². The molecule has 0 radical (unpaired) electrons. The molecule has 2 saturated carbocycles. The van der Waals surface area contributed by atoms with Crippen molar-refractivity contribution in [3.8, 4) is 0 Å². The van der Waals surface area contributed by atoms with Gasteiger partial charge in [-0.1, -0.05) is 32.9 Å². The molecule has 74 valence electrons. The minimum absolute atomic E-state index is 0.236. The summed E-state index contributed by atoms with van der Waals surface area (Å²) in [5, 5.41) is 9.00. The van der Waals surface area contributed by atoms with Crippen LogP contribution in [0.15, 0.2) is 12.2 Å². The first-order valence-electron chi connectivity index (χ1n) is 5.23. The van der Waals surface area contributed by atoms with Crippen LogP contribution in [-0.2, 0) is 0 Å². The van der Waals surface area contributed by atoms with Crippen molar-refractivity contribution in [3.63, 3.8) is 0 Å². The van der Waals surface area contributed by atoms with Gasteiger partial charge in [0.15, 0.2) is 0 Å². The van der Waals surface area contributed by atoms with Crippen LogP contribution in [0, 0.1) is 22.7 Å². The van der Waals surface area contributed by atoms with Crippen molar-refractivity contribution in [2.24, 2.45) is 22.7 Å². The Labute approximate surface area is 80.8 Å². The summed E-state index contributed by atoms with van der Waals surface area (Å²) in [4.78, 5) is 0. The smallest absolute Gasteiger partial charge is 0.0439 e. The van der Waals surface area contributed by atoms with Gasteiger partial charge in [-0.05, 0) is 35.5 Å². The first-order valence-corrected chi connectivity index (χ1v) is 5.23. The van der Waals surface area contributed by atoms with E-state index in [4.69, 9.17) is 5.11 Å². The quantitative estimate of drug-likeness (QED) is 0.648. The van der Waals surface area contributed by atoms with Gasteiger partial charge in [0.05, 0.1) is 0 Å². The lowest BCUT2D eigenvalue weighted by atomic mass is 9.75. The first kappa shape index (κ1) is 9.26. The van der Waals surface area contributed by atoms with Gasteiger partial charge < -0.3 is 5.11 Å². The Morgan fingerprint density at radius 3 is 2.46 bits per heavy atom. The fraction of sp³-hybridized carbons (Fsp3) is 0.833. The molecule has 13 heavy (non-hydrogen) atoms.